The smallest absolute Gasteiger partial charge is 0.303 e. The highest BCUT2D eigenvalue weighted by molar-refractivity contribution is 5.79. The van der Waals surface area contributed by atoms with Crippen molar-refractivity contribution in [1.82, 2.24) is 52.2 Å². The zero-order valence-electron chi connectivity index (χ0n) is 81.7. The lowest BCUT2D eigenvalue weighted by atomic mass is 9.96. The summed E-state index contributed by atoms with van der Waals surface area (Å²) in [6, 6.07) is -3.46. The highest BCUT2D eigenvalue weighted by atomic mass is 16.7. The molecule has 140 heavy (non-hydrogen) atoms. The first kappa shape index (κ1) is 122. The topological polar surface area (TPSA) is 637 Å². The molecule has 3 aliphatic rings. The van der Waals surface area contributed by atoms with Crippen LogP contribution in [-0.2, 0) is 211 Å². The molecule has 0 bridgehead atoms. The normalized spacial score (nSPS) is 21.4. The molecule has 0 spiro atoms. The summed E-state index contributed by atoms with van der Waals surface area (Å²) in [5.41, 5.74) is -1.43. The van der Waals surface area contributed by atoms with Crippen molar-refractivity contribution in [3.8, 4) is 0 Å². The minimum Gasteiger partial charge on any atom is -0.463 e. The summed E-state index contributed by atoms with van der Waals surface area (Å²) in [4.78, 5) is 198. The molecule has 0 radical (unpaired) electrons. The number of nitrogens with zero attached hydrogens (tertiary/aromatic N) is 3. The van der Waals surface area contributed by atoms with Crippen LogP contribution in [0.2, 0.25) is 0 Å². The van der Waals surface area contributed by atoms with E-state index in [1.165, 1.54) is 20.8 Å². The lowest BCUT2D eigenvalue weighted by Gasteiger charge is -2.44. The zero-order valence-corrected chi connectivity index (χ0v) is 81.7. The minimum atomic E-state index is -1.43. The largest absolute Gasteiger partial charge is 0.463 e. The molecule has 3 aliphatic heterocycles. The number of aryl methyl sites for hydroxylation is 1. The monoisotopic (exact) mass is 2010 g/mol. The van der Waals surface area contributed by atoms with Gasteiger partial charge in [-0.3, -0.25) is 81.4 Å². The van der Waals surface area contributed by atoms with Crippen LogP contribution in [0, 0.1) is 0 Å². The molecule has 0 aliphatic carbocycles. The van der Waals surface area contributed by atoms with Gasteiger partial charge in [0.2, 0.25) is 41.4 Å². The van der Waals surface area contributed by atoms with E-state index in [1.54, 1.807) is 17.1 Å². The summed E-state index contributed by atoms with van der Waals surface area (Å²) in [5.74, 6) is -9.68. The molecule has 15 unspecified atom stereocenters. The SMILES string of the molecule is CC(=O)NC1C(OCCOCCOCCOCCNC(=O)CCOCC(COCCC(=O)NCCOCCOCCOCCOC2OC(COC(C)=O)C(OC(C)=O)C(OC(C)=O)C2NC(C)=O)(COCCC(=O)NCCOCCOCCOCCOC2OC(COC(C)=O)C(OC(C)=O)C(OC(C)=O)C2NC(C)=O)NC(=O)CCCCCn2ccnn2)OC(COC(C)=O)C(OC(C)=O)C1OC(C)=O. The molecule has 7 amide bonds. The molecular weight excluding hydrogens is 1870 g/mol. The Labute approximate surface area is 811 Å². The first-order valence-electron chi connectivity index (χ1n) is 46.0. The molecule has 0 saturated carbocycles. The van der Waals surface area contributed by atoms with Gasteiger partial charge in [0.15, 0.2) is 55.5 Å². The van der Waals surface area contributed by atoms with Gasteiger partial charge in [-0.1, -0.05) is 11.6 Å². The molecular formula is C87H142N10O43. The standard InChI is InChI=1S/C87H142N10O43/c1-56(98)92-75-81(135-65(10)107)78(132-62(7)104)68(50-129-59(4)101)138-84(75)126-47-44-120-41-38-117-35-32-114-29-21-88-71(110)17-26-123-53-87(95-74(113)16-14-13-15-24-97-25-20-91-96-97,54-124-27-18-72(111)89-22-30-115-33-36-118-39-42-121-45-48-127-85-76(93-57(2)99)82(136-66(11)108)79(133-63(8)105)69(139-85)51-130-60(5)102)55-125-28-19-73(112)90-23-31-116-34-37-119-40-43-122-46-49-128-86-77(94-58(3)100)83(137-67(12)109)80(134-64(9)106)70(140-86)52-131-61(6)103/h20,25,68-70,75-86H,13-19,21-24,26-55H2,1-12H3,(H,88,110)(H,89,111)(H,90,112)(H,92,98)(H,93,99)(H,94,100)(H,95,113). The molecule has 1 aromatic heterocycles. The number of aromatic nitrogens is 3. The second-order valence-electron chi connectivity index (χ2n) is 31.5. The van der Waals surface area contributed by atoms with Crippen molar-refractivity contribution in [2.45, 2.75) is 232 Å². The fraction of sp³-hybridized carbons (Fsp3) is 0.793. The number of hydrogen-bond acceptors (Lipinski definition) is 45. The molecule has 4 heterocycles. The summed E-state index contributed by atoms with van der Waals surface area (Å²) in [5, 5.41) is 27.0. The summed E-state index contributed by atoms with van der Waals surface area (Å²) in [6.45, 7) is 14.5. The van der Waals surface area contributed by atoms with Crippen molar-refractivity contribution in [3.05, 3.63) is 12.4 Å². The first-order valence-corrected chi connectivity index (χ1v) is 46.0. The van der Waals surface area contributed by atoms with Crippen molar-refractivity contribution < 1.29 is 205 Å². The van der Waals surface area contributed by atoms with Gasteiger partial charge in [0.05, 0.1) is 185 Å². The maximum Gasteiger partial charge on any atom is 0.303 e. The van der Waals surface area contributed by atoms with Gasteiger partial charge in [-0.2, -0.15) is 0 Å². The van der Waals surface area contributed by atoms with Gasteiger partial charge < -0.3 is 165 Å². The fourth-order valence-electron chi connectivity index (χ4n) is 13.6. The van der Waals surface area contributed by atoms with Crippen molar-refractivity contribution in [1.29, 1.82) is 0 Å². The van der Waals surface area contributed by atoms with E-state index in [0.717, 1.165) is 62.3 Å². The van der Waals surface area contributed by atoms with Gasteiger partial charge >= 0.3 is 53.7 Å². The maximum absolute atomic E-state index is 14.0. The van der Waals surface area contributed by atoms with E-state index in [0.29, 0.717) is 25.8 Å². The second-order valence-corrected chi connectivity index (χ2v) is 31.5. The second kappa shape index (κ2) is 72.2. The molecule has 798 valence electrons. The minimum absolute atomic E-state index is 0.0194. The Bertz CT molecular complexity index is 3510. The van der Waals surface area contributed by atoms with Gasteiger partial charge in [0.25, 0.3) is 0 Å². The van der Waals surface area contributed by atoms with E-state index in [2.05, 4.69) is 47.5 Å². The number of carbonyl (C=O) groups is 16. The van der Waals surface area contributed by atoms with Crippen molar-refractivity contribution in [3.63, 3.8) is 0 Å². The van der Waals surface area contributed by atoms with Gasteiger partial charge in [-0.15, -0.1) is 5.10 Å². The number of carbonyl (C=O) groups excluding carboxylic acids is 16. The molecule has 1 aromatic rings. The van der Waals surface area contributed by atoms with Crippen LogP contribution in [0.4, 0.5) is 0 Å². The van der Waals surface area contributed by atoms with E-state index >= 15 is 0 Å². The summed E-state index contributed by atoms with van der Waals surface area (Å²) < 4.78 is 154. The van der Waals surface area contributed by atoms with E-state index < -0.39 is 189 Å². The Hall–Kier alpha value is -10.1. The van der Waals surface area contributed by atoms with Crippen LogP contribution in [0.15, 0.2) is 12.4 Å². The third-order valence-electron chi connectivity index (χ3n) is 19.4. The van der Waals surface area contributed by atoms with Gasteiger partial charge in [-0.05, 0) is 12.8 Å². The molecule has 53 nitrogen and oxygen atoms in total. The molecule has 53 heteroatoms. The molecule has 15 atom stereocenters. The third-order valence-corrected chi connectivity index (χ3v) is 19.4. The number of nitrogens with one attached hydrogen (secondary N) is 7. The molecule has 3 fully saturated rings. The van der Waals surface area contributed by atoms with Crippen LogP contribution in [0.5, 0.6) is 0 Å². The average Bonchev–Trinajstić information content (AvgIpc) is 0.858. The van der Waals surface area contributed by atoms with Crippen LogP contribution in [0.3, 0.4) is 0 Å². The number of hydrogen-bond donors (Lipinski definition) is 7. The van der Waals surface area contributed by atoms with Gasteiger partial charge in [-0.25, -0.2) is 0 Å². The van der Waals surface area contributed by atoms with E-state index in [1.807, 2.05) is 0 Å². The van der Waals surface area contributed by atoms with Crippen molar-refractivity contribution >= 4 is 95.1 Å². The van der Waals surface area contributed by atoms with Crippen LogP contribution in [-0.4, -0.2) is 425 Å². The lowest BCUT2D eigenvalue weighted by molar-refractivity contribution is -0.279. The molecule has 0 aromatic carbocycles. The Morgan fingerprint density at radius 2 is 0.571 bits per heavy atom. The predicted molar refractivity (Wildman–Crippen MR) is 472 cm³/mol. The average molecular weight is 2020 g/mol. The summed E-state index contributed by atoms with van der Waals surface area (Å²) in [6.07, 6.45) is -10.2. The van der Waals surface area contributed by atoms with E-state index in [-0.39, 0.29) is 247 Å². The fourth-order valence-corrected chi connectivity index (χ4v) is 13.6. The number of amides is 7. The van der Waals surface area contributed by atoms with Crippen LogP contribution in [0.25, 0.3) is 0 Å². The number of rotatable bonds is 76. The number of esters is 9. The van der Waals surface area contributed by atoms with E-state index in [4.69, 9.17) is 128 Å². The van der Waals surface area contributed by atoms with Crippen LogP contribution >= 0.6 is 0 Å². The summed E-state index contributed by atoms with van der Waals surface area (Å²) >= 11 is 0. The van der Waals surface area contributed by atoms with Gasteiger partial charge in [0, 0.05) is 141 Å². The lowest BCUT2D eigenvalue weighted by Crippen LogP contribution is -2.66. The highest BCUT2D eigenvalue weighted by Gasteiger charge is 2.55. The molecule has 3 saturated heterocycles. The number of ether oxygens (including phenoxy) is 27. The Morgan fingerprint density at radius 1 is 0.300 bits per heavy atom. The Morgan fingerprint density at radius 3 is 0.829 bits per heavy atom. The molecule has 7 N–H and O–H groups in total. The summed E-state index contributed by atoms with van der Waals surface area (Å²) in [7, 11) is 0. The number of unbranched alkanes of at least 4 members (excludes halogenated alkanes) is 2. The quantitative estimate of drug-likeness (QED) is 0.0188. The van der Waals surface area contributed by atoms with Crippen molar-refractivity contribution in [2.24, 2.45) is 0 Å². The third kappa shape index (κ3) is 55.4. The predicted octanol–water partition coefficient (Wildman–Crippen LogP) is -3.57. The van der Waals surface area contributed by atoms with Crippen LogP contribution < -0.4 is 37.2 Å². The Balaban J connectivity index is 1.27. The van der Waals surface area contributed by atoms with Gasteiger partial charge in [0.1, 0.15) is 61.8 Å². The Kier molecular flexibility index (Phi) is 63.1. The maximum atomic E-state index is 14.0. The highest BCUT2D eigenvalue weighted by Crippen LogP contribution is 2.32. The van der Waals surface area contributed by atoms with E-state index in [9.17, 15) is 76.7 Å². The van der Waals surface area contributed by atoms with Crippen LogP contribution in [0.1, 0.15) is 128 Å². The first-order chi connectivity index (χ1) is 67.0. The molecule has 4 rings (SSSR count). The van der Waals surface area contributed by atoms with Crippen molar-refractivity contribution in [2.75, 3.05) is 218 Å². The zero-order chi connectivity index (χ0) is 103.